The molecule has 0 radical (unpaired) electrons. The molecule has 6 aromatic rings. The van der Waals surface area contributed by atoms with Crippen LogP contribution in [0.4, 0.5) is 5.69 Å². The van der Waals surface area contributed by atoms with Crippen LogP contribution in [0.5, 0.6) is 0 Å². The Balaban J connectivity index is 1.44. The largest absolute Gasteiger partial charge is 0.381 e. The maximum absolute atomic E-state index is 9.80. The smallest absolute Gasteiger partial charge is 0.165 e. The van der Waals surface area contributed by atoms with Gasteiger partial charge in [0.1, 0.15) is 6.07 Å². The molecule has 0 saturated carbocycles. The lowest BCUT2D eigenvalue weighted by Gasteiger charge is -2.14. The van der Waals surface area contributed by atoms with Gasteiger partial charge in [0.2, 0.25) is 0 Å². The van der Waals surface area contributed by atoms with E-state index < -0.39 is 0 Å². The number of aryl methyl sites for hydroxylation is 1. The summed E-state index contributed by atoms with van der Waals surface area (Å²) in [5, 5.41) is 20.3. The van der Waals surface area contributed by atoms with Crippen LogP contribution < -0.4 is 5.32 Å². The van der Waals surface area contributed by atoms with Gasteiger partial charge in [-0.2, -0.15) is 10.4 Å². The van der Waals surface area contributed by atoms with Gasteiger partial charge in [-0.05, 0) is 48.9 Å². The van der Waals surface area contributed by atoms with Crippen molar-refractivity contribution in [2.75, 3.05) is 11.9 Å². The number of benzene rings is 2. The van der Waals surface area contributed by atoms with Crippen molar-refractivity contribution in [1.82, 2.24) is 24.7 Å². The Morgan fingerprint density at radius 3 is 2.68 bits per heavy atom. The maximum Gasteiger partial charge on any atom is 0.165 e. The van der Waals surface area contributed by atoms with Crippen LogP contribution in [0.15, 0.2) is 91.4 Å². The summed E-state index contributed by atoms with van der Waals surface area (Å²) in [5.41, 5.74) is 7.66. The number of hydrogen-bond acceptors (Lipinski definition) is 6. The highest BCUT2D eigenvalue weighted by Gasteiger charge is 2.18. The molecule has 0 saturated heterocycles. The molecule has 0 amide bonds. The Hall–Kier alpha value is -5.09. The molecule has 0 aliphatic rings. The van der Waals surface area contributed by atoms with E-state index in [0.29, 0.717) is 17.9 Å². The van der Waals surface area contributed by atoms with Crippen LogP contribution in [0.3, 0.4) is 0 Å². The number of aromatic nitrogens is 5. The average Bonchev–Trinajstić information content (AvgIpc) is 3.29. The number of para-hydroxylation sites is 1. The van der Waals surface area contributed by atoms with Gasteiger partial charge >= 0.3 is 0 Å². The number of nitrogens with zero attached hydrogens (tertiary/aromatic N) is 6. The summed E-state index contributed by atoms with van der Waals surface area (Å²) in [6.07, 6.45) is 6.07. The first-order chi connectivity index (χ1) is 18.2. The van der Waals surface area contributed by atoms with Crippen LogP contribution >= 0.6 is 0 Å². The lowest BCUT2D eigenvalue weighted by atomic mass is 10.0. The first-order valence-electron chi connectivity index (χ1n) is 12.1. The topological polar surface area (TPSA) is 92.3 Å². The normalized spacial score (nSPS) is 11.0. The van der Waals surface area contributed by atoms with Gasteiger partial charge in [-0.25, -0.2) is 9.67 Å². The summed E-state index contributed by atoms with van der Waals surface area (Å²) in [7, 11) is 0. The Bertz CT molecular complexity index is 1780. The SMILES string of the molecule is Cc1nn(-c2ccnc(C#N)c2NCCc2ccccn2)c2cccc(-c3cnc4ccccc4c3)c12. The average molecular weight is 482 g/mol. The molecule has 0 atom stereocenters. The van der Waals surface area contributed by atoms with E-state index in [1.165, 1.54) is 0 Å². The van der Waals surface area contributed by atoms with Crippen LogP contribution in [0.1, 0.15) is 17.1 Å². The molecule has 0 unspecified atom stereocenters. The summed E-state index contributed by atoms with van der Waals surface area (Å²) in [4.78, 5) is 13.4. The van der Waals surface area contributed by atoms with Gasteiger partial charge in [0.05, 0.1) is 28.1 Å². The Kier molecular flexibility index (Phi) is 5.75. The van der Waals surface area contributed by atoms with Crippen molar-refractivity contribution in [3.8, 4) is 22.9 Å². The second-order valence-electron chi connectivity index (χ2n) is 8.78. The minimum Gasteiger partial charge on any atom is -0.381 e. The molecule has 7 nitrogen and oxygen atoms in total. The number of hydrogen-bond donors (Lipinski definition) is 1. The molecule has 6 rings (SSSR count). The third-order valence-corrected chi connectivity index (χ3v) is 6.46. The van der Waals surface area contributed by atoms with Crippen molar-refractivity contribution in [3.05, 3.63) is 108 Å². The molecule has 37 heavy (non-hydrogen) atoms. The van der Waals surface area contributed by atoms with E-state index in [-0.39, 0.29) is 0 Å². The van der Waals surface area contributed by atoms with Crippen LogP contribution in [0, 0.1) is 18.3 Å². The van der Waals surface area contributed by atoms with Crippen LogP contribution in [0.2, 0.25) is 0 Å². The van der Waals surface area contributed by atoms with E-state index in [0.717, 1.165) is 56.4 Å². The van der Waals surface area contributed by atoms with Gasteiger partial charge in [0.15, 0.2) is 5.69 Å². The lowest BCUT2D eigenvalue weighted by molar-refractivity contribution is 0.880. The minimum atomic E-state index is 0.328. The molecule has 4 heterocycles. The third-order valence-electron chi connectivity index (χ3n) is 6.46. The fraction of sp³-hybridized carbons (Fsp3) is 0.100. The molecule has 1 N–H and O–H groups in total. The van der Waals surface area contributed by atoms with E-state index in [9.17, 15) is 5.26 Å². The number of pyridine rings is 3. The van der Waals surface area contributed by atoms with Gasteiger partial charge in [0, 0.05) is 53.6 Å². The number of fused-ring (bicyclic) bond motifs is 2. The highest BCUT2D eigenvalue weighted by atomic mass is 15.3. The van der Waals surface area contributed by atoms with Gasteiger partial charge in [-0.15, -0.1) is 0 Å². The summed E-state index contributed by atoms with van der Waals surface area (Å²) < 4.78 is 1.90. The van der Waals surface area contributed by atoms with Crippen molar-refractivity contribution in [1.29, 1.82) is 5.26 Å². The number of anilines is 1. The van der Waals surface area contributed by atoms with E-state index in [2.05, 4.69) is 50.6 Å². The van der Waals surface area contributed by atoms with E-state index in [1.807, 2.05) is 66.3 Å². The predicted octanol–water partition coefficient (Wildman–Crippen LogP) is 5.87. The summed E-state index contributed by atoms with van der Waals surface area (Å²) >= 11 is 0. The summed E-state index contributed by atoms with van der Waals surface area (Å²) in [6, 6.07) is 26.4. The van der Waals surface area contributed by atoms with E-state index >= 15 is 0 Å². The molecular formula is C30H23N7. The lowest BCUT2D eigenvalue weighted by Crippen LogP contribution is -2.11. The van der Waals surface area contributed by atoms with Crippen LogP contribution in [-0.2, 0) is 6.42 Å². The zero-order chi connectivity index (χ0) is 25.2. The summed E-state index contributed by atoms with van der Waals surface area (Å²) in [6.45, 7) is 2.62. The predicted molar refractivity (Wildman–Crippen MR) is 145 cm³/mol. The molecule has 2 aromatic carbocycles. The molecule has 0 aliphatic heterocycles. The van der Waals surface area contributed by atoms with Crippen molar-refractivity contribution in [2.45, 2.75) is 13.3 Å². The molecule has 178 valence electrons. The zero-order valence-corrected chi connectivity index (χ0v) is 20.3. The molecule has 0 aliphatic carbocycles. The van der Waals surface area contributed by atoms with Crippen LogP contribution in [-0.4, -0.2) is 31.3 Å². The molecule has 7 heteroatoms. The molecule has 0 spiro atoms. The number of nitrogens with one attached hydrogen (secondary N) is 1. The molecule has 0 bridgehead atoms. The van der Waals surface area contributed by atoms with E-state index in [1.54, 1.807) is 12.4 Å². The van der Waals surface area contributed by atoms with Crippen molar-refractivity contribution in [3.63, 3.8) is 0 Å². The summed E-state index contributed by atoms with van der Waals surface area (Å²) in [5.74, 6) is 0. The van der Waals surface area contributed by atoms with Gasteiger partial charge in [-0.3, -0.25) is 9.97 Å². The Labute approximate surface area is 214 Å². The standard InChI is InChI=1S/C30H23N7/c1-20-29-24(22-17-21-7-2-3-10-25(21)35-19-22)9-6-11-27(29)37(36-20)28-13-16-33-26(18-31)30(28)34-15-12-23-8-4-5-14-32-23/h2-11,13-14,16-17,19,34H,12,15H2,1H3. The Morgan fingerprint density at radius 2 is 1.81 bits per heavy atom. The molecular weight excluding hydrogens is 458 g/mol. The van der Waals surface area contributed by atoms with Gasteiger partial charge in [0.25, 0.3) is 0 Å². The second kappa shape index (κ2) is 9.51. The quantitative estimate of drug-likeness (QED) is 0.320. The minimum absolute atomic E-state index is 0.328. The fourth-order valence-corrected chi connectivity index (χ4v) is 4.74. The number of rotatable bonds is 6. The monoisotopic (exact) mass is 481 g/mol. The second-order valence-corrected chi connectivity index (χ2v) is 8.78. The fourth-order valence-electron chi connectivity index (χ4n) is 4.74. The highest BCUT2D eigenvalue weighted by molar-refractivity contribution is 5.99. The third kappa shape index (κ3) is 4.15. The number of nitriles is 1. The van der Waals surface area contributed by atoms with Crippen LogP contribution in [0.25, 0.3) is 38.6 Å². The molecule has 4 aromatic heterocycles. The first-order valence-corrected chi connectivity index (χ1v) is 12.1. The van der Waals surface area contributed by atoms with Crippen molar-refractivity contribution >= 4 is 27.5 Å². The first kappa shape index (κ1) is 22.4. The van der Waals surface area contributed by atoms with Gasteiger partial charge in [-0.1, -0.05) is 36.4 Å². The zero-order valence-electron chi connectivity index (χ0n) is 20.3. The van der Waals surface area contributed by atoms with Crippen molar-refractivity contribution < 1.29 is 0 Å². The van der Waals surface area contributed by atoms with E-state index in [4.69, 9.17) is 5.10 Å². The molecule has 0 fully saturated rings. The van der Waals surface area contributed by atoms with Crippen molar-refractivity contribution in [2.24, 2.45) is 0 Å². The maximum atomic E-state index is 9.80. The van der Waals surface area contributed by atoms with Gasteiger partial charge < -0.3 is 5.32 Å². The Morgan fingerprint density at radius 1 is 0.919 bits per heavy atom. The highest BCUT2D eigenvalue weighted by Crippen LogP contribution is 2.34.